The lowest BCUT2D eigenvalue weighted by Gasteiger charge is -2.11. The molecule has 1 fully saturated rings. The molecule has 0 bridgehead atoms. The Hall–Kier alpha value is -1.42. The number of hydrogen-bond donors (Lipinski definition) is 0. The van der Waals surface area contributed by atoms with E-state index < -0.39 is 10.0 Å². The van der Waals surface area contributed by atoms with Crippen molar-refractivity contribution in [2.75, 3.05) is 0 Å². The predicted molar refractivity (Wildman–Crippen MR) is 78.0 cm³/mol. The van der Waals surface area contributed by atoms with Gasteiger partial charge in [0.2, 0.25) is 0 Å². The molecule has 0 saturated heterocycles. The second kappa shape index (κ2) is 6.15. The first-order valence-electron chi connectivity index (χ1n) is 6.63. The summed E-state index contributed by atoms with van der Waals surface area (Å²) in [5.41, 5.74) is 2.33. The van der Waals surface area contributed by atoms with Crippen LogP contribution in [-0.4, -0.2) is 14.6 Å². The Morgan fingerprint density at radius 3 is 2.32 bits per heavy atom. The van der Waals surface area contributed by atoms with Crippen LogP contribution >= 0.6 is 0 Å². The average Bonchev–Trinajstić information content (AvgIpc) is 2.40. The van der Waals surface area contributed by atoms with Crippen molar-refractivity contribution in [2.24, 2.45) is 4.40 Å². The van der Waals surface area contributed by atoms with Gasteiger partial charge in [-0.1, -0.05) is 29.7 Å². The first-order valence-corrected chi connectivity index (χ1v) is 8.07. The molecule has 0 amide bonds. The Kier molecular flexibility index (Phi) is 4.53. The van der Waals surface area contributed by atoms with E-state index in [0.29, 0.717) is 0 Å². The van der Waals surface area contributed by atoms with E-state index in [1.165, 1.54) is 31.1 Å². The highest BCUT2D eigenvalue weighted by Gasteiger charge is 2.10. The number of rotatable bonds is 3. The Bertz CT molecular complexity index is 575. The zero-order valence-electron chi connectivity index (χ0n) is 11.2. The summed E-state index contributed by atoms with van der Waals surface area (Å²) >= 11 is 0. The van der Waals surface area contributed by atoms with Crippen LogP contribution in [0.5, 0.6) is 0 Å². The highest BCUT2D eigenvalue weighted by atomic mass is 32.2. The third-order valence-corrected chi connectivity index (χ3v) is 4.59. The van der Waals surface area contributed by atoms with E-state index in [1.807, 2.05) is 13.0 Å². The van der Waals surface area contributed by atoms with E-state index in [4.69, 9.17) is 0 Å². The number of sulfonamides is 1. The van der Waals surface area contributed by atoms with E-state index in [0.717, 1.165) is 18.4 Å². The molecule has 102 valence electrons. The van der Waals surface area contributed by atoms with E-state index in [2.05, 4.69) is 4.40 Å². The normalized spacial score (nSPS) is 16.8. The summed E-state index contributed by atoms with van der Waals surface area (Å²) < 4.78 is 27.6. The molecule has 0 atom stereocenters. The highest BCUT2D eigenvalue weighted by Crippen LogP contribution is 2.22. The lowest BCUT2D eigenvalue weighted by Crippen LogP contribution is -1.98. The molecule has 19 heavy (non-hydrogen) atoms. The smallest absolute Gasteiger partial charge is 0.199 e. The Balaban J connectivity index is 2.10. The standard InChI is InChI=1S/C15H19NO2S/c1-13-7-9-15(10-8-13)19(17,18)16-12-11-14-5-3-2-4-6-14/h7-12H,2-6H2,1H3/b16-12-. The Morgan fingerprint density at radius 1 is 1.05 bits per heavy atom. The van der Waals surface area contributed by atoms with Gasteiger partial charge in [-0.3, -0.25) is 0 Å². The molecule has 2 rings (SSSR count). The number of aryl methyl sites for hydroxylation is 1. The van der Waals surface area contributed by atoms with Crippen LogP contribution < -0.4 is 0 Å². The summed E-state index contributed by atoms with van der Waals surface area (Å²) in [5, 5.41) is 0. The molecule has 1 aromatic rings. The quantitative estimate of drug-likeness (QED) is 0.792. The third-order valence-electron chi connectivity index (χ3n) is 3.32. The molecular formula is C15H19NO2S. The average molecular weight is 277 g/mol. The Labute approximate surface area is 115 Å². The molecule has 0 spiro atoms. The lowest BCUT2D eigenvalue weighted by atomic mass is 9.95. The van der Waals surface area contributed by atoms with Crippen molar-refractivity contribution in [3.05, 3.63) is 41.5 Å². The van der Waals surface area contributed by atoms with Crippen molar-refractivity contribution in [1.29, 1.82) is 0 Å². The first-order chi connectivity index (χ1) is 9.08. The summed E-state index contributed by atoms with van der Waals surface area (Å²) in [6, 6.07) is 6.75. The predicted octanol–water partition coefficient (Wildman–Crippen LogP) is 3.65. The summed E-state index contributed by atoms with van der Waals surface area (Å²) in [5.74, 6) is 0. The molecule has 0 N–H and O–H groups in total. The molecule has 1 aliphatic carbocycles. The van der Waals surface area contributed by atoms with Crippen molar-refractivity contribution in [3.8, 4) is 0 Å². The van der Waals surface area contributed by atoms with Crippen LogP contribution in [0.4, 0.5) is 0 Å². The molecule has 1 saturated carbocycles. The monoisotopic (exact) mass is 277 g/mol. The Morgan fingerprint density at radius 2 is 1.68 bits per heavy atom. The van der Waals surface area contributed by atoms with Gasteiger partial charge in [0, 0.05) is 6.21 Å². The van der Waals surface area contributed by atoms with Crippen molar-refractivity contribution < 1.29 is 8.42 Å². The summed E-state index contributed by atoms with van der Waals surface area (Å²) in [6.45, 7) is 1.92. The van der Waals surface area contributed by atoms with E-state index in [1.54, 1.807) is 24.3 Å². The number of allylic oxidation sites excluding steroid dienone is 2. The van der Waals surface area contributed by atoms with Gasteiger partial charge < -0.3 is 0 Å². The molecule has 4 heteroatoms. The fraction of sp³-hybridized carbons (Fsp3) is 0.400. The van der Waals surface area contributed by atoms with Gasteiger partial charge in [0.25, 0.3) is 10.0 Å². The van der Waals surface area contributed by atoms with Gasteiger partial charge in [0.15, 0.2) is 0 Å². The summed E-state index contributed by atoms with van der Waals surface area (Å²) in [4.78, 5) is 0.247. The fourth-order valence-corrected chi connectivity index (χ4v) is 2.98. The first kappa shape index (κ1) is 14.0. The maximum atomic E-state index is 12.0. The van der Waals surface area contributed by atoms with Gasteiger partial charge in [0.1, 0.15) is 0 Å². The van der Waals surface area contributed by atoms with Crippen molar-refractivity contribution in [2.45, 2.75) is 43.9 Å². The van der Waals surface area contributed by atoms with Crippen LogP contribution in [0.15, 0.2) is 45.2 Å². The third kappa shape index (κ3) is 4.03. The molecule has 0 aliphatic heterocycles. The van der Waals surface area contributed by atoms with Gasteiger partial charge in [-0.15, -0.1) is 0 Å². The van der Waals surface area contributed by atoms with Gasteiger partial charge in [-0.05, 0) is 50.8 Å². The molecule has 0 unspecified atom stereocenters. The minimum absolute atomic E-state index is 0.247. The molecular weight excluding hydrogens is 258 g/mol. The zero-order chi connectivity index (χ0) is 13.7. The molecule has 0 heterocycles. The van der Waals surface area contributed by atoms with Crippen molar-refractivity contribution in [1.82, 2.24) is 0 Å². The van der Waals surface area contributed by atoms with Crippen molar-refractivity contribution >= 4 is 16.2 Å². The summed E-state index contributed by atoms with van der Waals surface area (Å²) in [6.07, 6.45) is 9.08. The van der Waals surface area contributed by atoms with Crippen LogP contribution in [0, 0.1) is 6.92 Å². The molecule has 1 aliphatic rings. The highest BCUT2D eigenvalue weighted by molar-refractivity contribution is 7.90. The van der Waals surface area contributed by atoms with Gasteiger partial charge in [-0.2, -0.15) is 12.8 Å². The minimum atomic E-state index is -3.55. The van der Waals surface area contributed by atoms with Crippen LogP contribution in [0.1, 0.15) is 37.7 Å². The maximum Gasteiger partial charge on any atom is 0.282 e. The molecule has 1 aromatic carbocycles. The number of nitrogens with zero attached hydrogens (tertiary/aromatic N) is 1. The number of hydrogen-bond acceptors (Lipinski definition) is 2. The summed E-state index contributed by atoms with van der Waals surface area (Å²) in [7, 11) is -3.55. The van der Waals surface area contributed by atoms with Gasteiger partial charge in [-0.25, -0.2) is 0 Å². The van der Waals surface area contributed by atoms with E-state index in [9.17, 15) is 8.42 Å². The topological polar surface area (TPSA) is 46.5 Å². The SMILES string of the molecule is Cc1ccc(S(=O)(=O)/N=C\C=C2CCCCC2)cc1. The van der Waals surface area contributed by atoms with E-state index >= 15 is 0 Å². The van der Waals surface area contributed by atoms with Crippen LogP contribution in [0.25, 0.3) is 0 Å². The minimum Gasteiger partial charge on any atom is -0.199 e. The molecule has 0 aromatic heterocycles. The van der Waals surface area contributed by atoms with Gasteiger partial charge >= 0.3 is 0 Å². The van der Waals surface area contributed by atoms with E-state index in [-0.39, 0.29) is 4.90 Å². The van der Waals surface area contributed by atoms with Crippen LogP contribution in [0.2, 0.25) is 0 Å². The number of benzene rings is 1. The molecule has 3 nitrogen and oxygen atoms in total. The lowest BCUT2D eigenvalue weighted by molar-refractivity contribution is 0.597. The zero-order valence-corrected chi connectivity index (χ0v) is 12.0. The van der Waals surface area contributed by atoms with Crippen molar-refractivity contribution in [3.63, 3.8) is 0 Å². The second-order valence-electron chi connectivity index (χ2n) is 4.93. The van der Waals surface area contributed by atoms with Gasteiger partial charge in [0.05, 0.1) is 4.90 Å². The second-order valence-corrected chi connectivity index (χ2v) is 6.56. The van der Waals surface area contributed by atoms with Crippen LogP contribution in [-0.2, 0) is 10.0 Å². The maximum absolute atomic E-state index is 12.0. The van der Waals surface area contributed by atoms with Crippen LogP contribution in [0.3, 0.4) is 0 Å². The molecule has 0 radical (unpaired) electrons. The fourth-order valence-electron chi connectivity index (χ4n) is 2.16. The largest absolute Gasteiger partial charge is 0.282 e.